The van der Waals surface area contributed by atoms with Crippen molar-refractivity contribution in [3.8, 4) is 0 Å². The van der Waals surface area contributed by atoms with Crippen LogP contribution in [-0.2, 0) is 30.5 Å². The summed E-state index contributed by atoms with van der Waals surface area (Å²) in [6.45, 7) is 11.4. The maximum atomic E-state index is 14.6. The van der Waals surface area contributed by atoms with Crippen molar-refractivity contribution in [2.24, 2.45) is 11.8 Å². The summed E-state index contributed by atoms with van der Waals surface area (Å²) < 4.78 is 14.1. The Morgan fingerprint density at radius 3 is 2.76 bits per heavy atom. The molecule has 2 aromatic rings. The smallest absolute Gasteiger partial charge is 0.312 e. The number of carbonyl (C=O) groups is 3. The van der Waals surface area contributed by atoms with Crippen LogP contribution in [-0.4, -0.2) is 90.7 Å². The Balaban J connectivity index is 1.49. The van der Waals surface area contributed by atoms with Crippen LogP contribution in [0.5, 0.6) is 0 Å². The fourth-order valence-corrected chi connectivity index (χ4v) is 7.24. The summed E-state index contributed by atoms with van der Waals surface area (Å²) in [6.07, 6.45) is 7.30. The molecule has 2 bridgehead atoms. The molecule has 1 spiro atoms. The molecule has 11 nitrogen and oxygen atoms in total. The first kappa shape index (κ1) is 29.9. The molecule has 3 saturated heterocycles. The summed E-state index contributed by atoms with van der Waals surface area (Å²) in [6, 6.07) is 5.76. The maximum Gasteiger partial charge on any atom is 0.312 e. The topological polar surface area (TPSA) is 127 Å². The average molecular weight is 580 g/mol. The van der Waals surface area contributed by atoms with E-state index >= 15 is 0 Å². The first-order valence-corrected chi connectivity index (χ1v) is 14.9. The molecule has 3 aliphatic rings. The number of likely N-dealkylation sites (tertiary alicyclic amines) is 1. The van der Waals surface area contributed by atoms with Crippen molar-refractivity contribution in [2.45, 2.75) is 82.3 Å². The van der Waals surface area contributed by atoms with Crippen molar-refractivity contribution in [1.29, 1.82) is 0 Å². The van der Waals surface area contributed by atoms with E-state index in [9.17, 15) is 19.5 Å². The molecule has 3 fully saturated rings. The third-order valence-corrected chi connectivity index (χ3v) is 9.28. The first-order valence-electron chi connectivity index (χ1n) is 14.9. The van der Waals surface area contributed by atoms with Crippen molar-refractivity contribution in [2.75, 3.05) is 19.8 Å². The van der Waals surface area contributed by atoms with Crippen LogP contribution in [0.4, 0.5) is 0 Å². The van der Waals surface area contributed by atoms with Gasteiger partial charge in [0.2, 0.25) is 11.8 Å². The summed E-state index contributed by atoms with van der Waals surface area (Å²) >= 11 is 0. The van der Waals surface area contributed by atoms with Gasteiger partial charge in [-0.1, -0.05) is 36.4 Å². The van der Waals surface area contributed by atoms with Crippen LogP contribution in [0.2, 0.25) is 0 Å². The van der Waals surface area contributed by atoms with Gasteiger partial charge in [0.05, 0.1) is 36.3 Å². The number of amides is 2. The molecule has 0 saturated carbocycles. The second-order valence-corrected chi connectivity index (χ2v) is 11.6. The van der Waals surface area contributed by atoms with E-state index < -0.39 is 41.1 Å². The average Bonchev–Trinajstić information content (AvgIpc) is 3.73. The van der Waals surface area contributed by atoms with Gasteiger partial charge in [0, 0.05) is 6.54 Å². The zero-order chi connectivity index (χ0) is 30.1. The lowest BCUT2D eigenvalue weighted by atomic mass is 9.65. The predicted octanol–water partition coefficient (Wildman–Crippen LogP) is 2.84. The van der Waals surface area contributed by atoms with Gasteiger partial charge in [-0.2, -0.15) is 0 Å². The maximum absolute atomic E-state index is 14.6. The highest BCUT2D eigenvalue weighted by Crippen LogP contribution is 2.64. The van der Waals surface area contributed by atoms with Gasteiger partial charge in [0.25, 0.3) is 0 Å². The Bertz CT molecular complexity index is 1360. The Morgan fingerprint density at radius 1 is 1.26 bits per heavy atom. The number of nitrogens with zero attached hydrogens (tertiary/aromatic N) is 5. The van der Waals surface area contributed by atoms with E-state index in [2.05, 4.69) is 23.5 Å². The molecule has 1 aromatic carbocycles. The number of hydrogen-bond acceptors (Lipinski definition) is 8. The number of para-hydroxylation sites is 1. The normalized spacial score (nSPS) is 28.6. The fourth-order valence-electron chi connectivity index (χ4n) is 7.24. The molecule has 3 aliphatic heterocycles. The van der Waals surface area contributed by atoms with Crippen molar-refractivity contribution in [1.82, 2.24) is 24.8 Å². The van der Waals surface area contributed by atoms with Crippen molar-refractivity contribution >= 4 is 28.8 Å². The van der Waals surface area contributed by atoms with Crippen LogP contribution in [0.3, 0.4) is 0 Å². The largest absolute Gasteiger partial charge is 0.465 e. The van der Waals surface area contributed by atoms with E-state index in [4.69, 9.17) is 9.47 Å². The Hall–Kier alpha value is -3.57. The lowest BCUT2D eigenvalue weighted by Gasteiger charge is -2.38. The molecule has 4 heterocycles. The Labute approximate surface area is 246 Å². The van der Waals surface area contributed by atoms with Crippen molar-refractivity contribution in [3.05, 3.63) is 49.6 Å². The summed E-state index contributed by atoms with van der Waals surface area (Å²) in [5, 5.41) is 18.6. The van der Waals surface area contributed by atoms with Crippen LogP contribution >= 0.6 is 0 Å². The van der Waals surface area contributed by atoms with E-state index in [1.807, 2.05) is 37.3 Å². The molecule has 11 heteroatoms. The SMILES string of the molecule is C=CCCCCOC(=O)[C@H]1[C@H]2C(=O)N([C@H](C)CO)C(C(=O)N(CC=C)Cn3nnc4ccccc43)C23CC[C@]1(CC)O3. The minimum absolute atomic E-state index is 0.0766. The molecule has 1 aromatic heterocycles. The lowest BCUT2D eigenvalue weighted by Crippen LogP contribution is -2.58. The standard InChI is InChI=1S/C31H41N5O6/c1-5-8-9-12-18-41-29(40)25-24-27(38)36(21(4)19-37)26(31(24)16-15-30(25,7-3)42-31)28(39)34(17-6-2)20-35-23-14-11-10-13-22(23)32-33-35/h5-6,10-11,13-14,21,24-26,37H,1-2,7-9,12,15-20H2,3-4H3/t21-,24+,25-,26?,30+,31?/m1/s1. The number of unbranched alkanes of at least 4 members (excludes halogenated alkanes) is 2. The number of esters is 1. The number of carbonyl (C=O) groups excluding carboxylic acids is 3. The zero-order valence-electron chi connectivity index (χ0n) is 24.5. The molecular formula is C31H41N5O6. The van der Waals surface area contributed by atoms with Crippen molar-refractivity contribution in [3.63, 3.8) is 0 Å². The zero-order valence-corrected chi connectivity index (χ0v) is 24.5. The highest BCUT2D eigenvalue weighted by atomic mass is 16.6. The molecule has 1 N–H and O–H groups in total. The molecule has 226 valence electrons. The summed E-state index contributed by atoms with van der Waals surface area (Å²) in [5.74, 6) is -2.88. The molecule has 0 aliphatic carbocycles. The van der Waals surface area contributed by atoms with E-state index in [1.165, 1.54) is 4.90 Å². The molecular weight excluding hydrogens is 538 g/mol. The monoisotopic (exact) mass is 579 g/mol. The van der Waals surface area contributed by atoms with Gasteiger partial charge in [-0.05, 0) is 57.6 Å². The van der Waals surface area contributed by atoms with Gasteiger partial charge in [-0.15, -0.1) is 18.3 Å². The third-order valence-electron chi connectivity index (χ3n) is 9.28. The molecule has 0 radical (unpaired) electrons. The Kier molecular flexibility index (Phi) is 8.52. The summed E-state index contributed by atoms with van der Waals surface area (Å²) in [4.78, 5) is 45.5. The lowest BCUT2D eigenvalue weighted by molar-refractivity contribution is -0.163. The molecule has 2 unspecified atom stereocenters. The van der Waals surface area contributed by atoms with Gasteiger partial charge < -0.3 is 24.4 Å². The second kappa shape index (κ2) is 12.0. The van der Waals surface area contributed by atoms with Gasteiger partial charge in [-0.25, -0.2) is 4.68 Å². The minimum atomic E-state index is -1.22. The molecule has 2 amide bonds. The number of allylic oxidation sites excluding steroid dienone is 1. The van der Waals surface area contributed by atoms with Gasteiger partial charge in [-0.3, -0.25) is 14.4 Å². The van der Waals surface area contributed by atoms with Crippen LogP contribution < -0.4 is 0 Å². The molecule has 5 rings (SSSR count). The quantitative estimate of drug-likeness (QED) is 0.206. The fraction of sp³-hybridized carbons (Fsp3) is 0.581. The number of fused-ring (bicyclic) bond motifs is 2. The summed E-state index contributed by atoms with van der Waals surface area (Å²) in [5.41, 5.74) is -0.652. The number of hydrogen-bond donors (Lipinski definition) is 1. The number of aliphatic hydroxyl groups is 1. The number of aromatic nitrogens is 3. The molecule has 42 heavy (non-hydrogen) atoms. The number of aliphatic hydroxyl groups excluding tert-OH is 1. The highest BCUT2D eigenvalue weighted by Gasteiger charge is 2.79. The predicted molar refractivity (Wildman–Crippen MR) is 155 cm³/mol. The Morgan fingerprint density at radius 2 is 2.05 bits per heavy atom. The molecule has 6 atom stereocenters. The van der Waals surface area contributed by atoms with Crippen LogP contribution in [0.1, 0.15) is 52.4 Å². The van der Waals surface area contributed by atoms with Gasteiger partial charge >= 0.3 is 5.97 Å². The van der Waals surface area contributed by atoms with Crippen LogP contribution in [0, 0.1) is 11.8 Å². The number of rotatable bonds is 14. The first-order chi connectivity index (χ1) is 20.3. The van der Waals surface area contributed by atoms with E-state index in [1.54, 1.807) is 22.6 Å². The van der Waals surface area contributed by atoms with Crippen molar-refractivity contribution < 1.29 is 29.0 Å². The summed E-state index contributed by atoms with van der Waals surface area (Å²) in [7, 11) is 0. The van der Waals surface area contributed by atoms with E-state index in [0.717, 1.165) is 18.4 Å². The minimum Gasteiger partial charge on any atom is -0.465 e. The highest BCUT2D eigenvalue weighted by molar-refractivity contribution is 5.98. The van der Waals surface area contributed by atoms with Gasteiger partial charge in [0.1, 0.15) is 29.7 Å². The van der Waals surface area contributed by atoms with E-state index in [0.29, 0.717) is 31.2 Å². The van der Waals surface area contributed by atoms with Crippen LogP contribution in [0.15, 0.2) is 49.6 Å². The number of ether oxygens (including phenoxy) is 2. The van der Waals surface area contributed by atoms with Crippen LogP contribution in [0.25, 0.3) is 11.0 Å². The number of benzene rings is 1. The van der Waals surface area contributed by atoms with E-state index in [-0.39, 0.29) is 38.2 Å². The third kappa shape index (κ3) is 4.72. The van der Waals surface area contributed by atoms with Gasteiger partial charge in [0.15, 0.2) is 0 Å². The second-order valence-electron chi connectivity index (χ2n) is 11.6.